The Labute approximate surface area is 59.0 Å². The van der Waals surface area contributed by atoms with Crippen molar-refractivity contribution in [3.8, 4) is 0 Å². The summed E-state index contributed by atoms with van der Waals surface area (Å²) in [4.78, 5) is 0. The predicted octanol–water partition coefficient (Wildman–Crippen LogP) is 0.691. The second-order valence-corrected chi connectivity index (χ2v) is 1.86. The molecule has 0 aliphatic rings. The number of nitrogens with two attached hydrogens (primary N) is 1. The zero-order valence-electron chi connectivity index (χ0n) is 5.15. The SMILES string of the molecule is COCC(N)=C(Cl)C=N. The zero-order valence-corrected chi connectivity index (χ0v) is 5.90. The number of rotatable bonds is 3. The summed E-state index contributed by atoms with van der Waals surface area (Å²) in [5.74, 6) is 0. The van der Waals surface area contributed by atoms with Gasteiger partial charge in [0.1, 0.15) is 0 Å². The summed E-state index contributed by atoms with van der Waals surface area (Å²) >= 11 is 5.43. The van der Waals surface area contributed by atoms with Crippen LogP contribution < -0.4 is 5.73 Å². The van der Waals surface area contributed by atoms with Crippen molar-refractivity contribution < 1.29 is 4.74 Å². The lowest BCUT2D eigenvalue weighted by molar-refractivity contribution is 0.224. The molecule has 0 bridgehead atoms. The van der Waals surface area contributed by atoms with Crippen molar-refractivity contribution in [1.29, 1.82) is 5.41 Å². The highest BCUT2D eigenvalue weighted by atomic mass is 35.5. The highest BCUT2D eigenvalue weighted by Gasteiger charge is 1.93. The Morgan fingerprint density at radius 1 is 1.89 bits per heavy atom. The number of halogens is 1. The average Bonchev–Trinajstić information content (AvgIpc) is 1.87. The van der Waals surface area contributed by atoms with Gasteiger partial charge in [0.05, 0.1) is 17.3 Å². The van der Waals surface area contributed by atoms with Gasteiger partial charge in [-0.15, -0.1) is 0 Å². The van der Waals surface area contributed by atoms with Crippen molar-refractivity contribution in [1.82, 2.24) is 0 Å². The molecule has 0 fully saturated rings. The van der Waals surface area contributed by atoms with Gasteiger partial charge in [0.15, 0.2) is 0 Å². The maximum atomic E-state index is 6.67. The van der Waals surface area contributed by atoms with E-state index in [2.05, 4.69) is 4.74 Å². The summed E-state index contributed by atoms with van der Waals surface area (Å²) in [7, 11) is 1.51. The Hall–Kier alpha value is -0.540. The van der Waals surface area contributed by atoms with E-state index in [0.717, 1.165) is 6.21 Å². The third-order valence-corrected chi connectivity index (χ3v) is 1.09. The normalized spacial score (nSPS) is 12.7. The van der Waals surface area contributed by atoms with Crippen LogP contribution in [-0.4, -0.2) is 19.9 Å². The summed E-state index contributed by atoms with van der Waals surface area (Å²) in [6.07, 6.45) is 0.982. The largest absolute Gasteiger partial charge is 0.399 e. The lowest BCUT2D eigenvalue weighted by atomic mass is 10.4. The number of hydrogen-bond donors (Lipinski definition) is 2. The second-order valence-electron chi connectivity index (χ2n) is 1.45. The van der Waals surface area contributed by atoms with E-state index >= 15 is 0 Å². The fourth-order valence-electron chi connectivity index (χ4n) is 0.317. The number of nitrogens with one attached hydrogen (secondary N) is 1. The van der Waals surface area contributed by atoms with Crippen LogP contribution in [0.3, 0.4) is 0 Å². The van der Waals surface area contributed by atoms with Crippen LogP contribution >= 0.6 is 11.6 Å². The monoisotopic (exact) mass is 148 g/mol. The van der Waals surface area contributed by atoms with E-state index in [4.69, 9.17) is 22.7 Å². The van der Waals surface area contributed by atoms with Crippen LogP contribution in [0, 0.1) is 5.41 Å². The molecule has 0 aromatic rings. The standard InChI is InChI=1S/C5H9ClN2O/c1-9-3-5(8)4(6)2-7/h2,7H,3,8H2,1H3. The molecule has 0 spiro atoms. The zero-order chi connectivity index (χ0) is 7.28. The number of methoxy groups -OCH3 is 1. The average molecular weight is 149 g/mol. The van der Waals surface area contributed by atoms with Crippen molar-refractivity contribution in [2.45, 2.75) is 0 Å². The van der Waals surface area contributed by atoms with E-state index in [1.54, 1.807) is 0 Å². The number of ether oxygens (including phenoxy) is 1. The fourth-order valence-corrected chi connectivity index (χ4v) is 0.372. The first kappa shape index (κ1) is 8.46. The molecule has 4 heteroatoms. The summed E-state index contributed by atoms with van der Waals surface area (Å²) in [6.45, 7) is 0.272. The molecule has 0 aromatic heterocycles. The molecule has 0 radical (unpaired) electrons. The Morgan fingerprint density at radius 3 is 2.78 bits per heavy atom. The molecule has 52 valence electrons. The summed E-state index contributed by atoms with van der Waals surface area (Å²) < 4.78 is 4.66. The minimum Gasteiger partial charge on any atom is -0.399 e. The summed E-state index contributed by atoms with van der Waals surface area (Å²) in [5, 5.41) is 6.90. The molecular weight excluding hydrogens is 140 g/mol. The van der Waals surface area contributed by atoms with Gasteiger partial charge in [-0.25, -0.2) is 0 Å². The Kier molecular flexibility index (Phi) is 4.09. The molecule has 0 aliphatic carbocycles. The third-order valence-electron chi connectivity index (χ3n) is 0.733. The van der Waals surface area contributed by atoms with E-state index in [1.807, 2.05) is 0 Å². The van der Waals surface area contributed by atoms with E-state index in [1.165, 1.54) is 7.11 Å². The molecule has 0 atom stereocenters. The van der Waals surface area contributed by atoms with Gasteiger partial charge in [-0.05, 0) is 0 Å². The second kappa shape index (κ2) is 4.35. The van der Waals surface area contributed by atoms with E-state index in [-0.39, 0.29) is 11.6 Å². The lowest BCUT2D eigenvalue weighted by Gasteiger charge is -1.97. The first-order valence-electron chi connectivity index (χ1n) is 2.36. The number of allylic oxidation sites excluding steroid dienone is 1. The van der Waals surface area contributed by atoms with Crippen LogP contribution in [0.15, 0.2) is 10.7 Å². The predicted molar refractivity (Wildman–Crippen MR) is 37.7 cm³/mol. The quantitative estimate of drug-likeness (QED) is 0.579. The van der Waals surface area contributed by atoms with Gasteiger partial charge >= 0.3 is 0 Å². The van der Waals surface area contributed by atoms with Crippen LogP contribution in [0.2, 0.25) is 0 Å². The van der Waals surface area contributed by atoms with Crippen molar-refractivity contribution in [2.24, 2.45) is 5.73 Å². The van der Waals surface area contributed by atoms with Crippen LogP contribution in [0.4, 0.5) is 0 Å². The van der Waals surface area contributed by atoms with Gasteiger partial charge < -0.3 is 15.9 Å². The first-order chi connectivity index (χ1) is 4.22. The number of hydrogen-bond acceptors (Lipinski definition) is 3. The van der Waals surface area contributed by atoms with Crippen LogP contribution in [-0.2, 0) is 4.74 Å². The molecule has 0 aliphatic heterocycles. The molecule has 0 saturated carbocycles. The maximum absolute atomic E-state index is 6.67. The van der Waals surface area contributed by atoms with Gasteiger partial charge in [-0.3, -0.25) is 0 Å². The summed E-state index contributed by atoms with van der Waals surface area (Å²) in [6, 6.07) is 0. The van der Waals surface area contributed by atoms with Crippen molar-refractivity contribution >= 4 is 17.8 Å². The molecule has 0 aromatic carbocycles. The Balaban J connectivity index is 3.93. The van der Waals surface area contributed by atoms with Crippen molar-refractivity contribution in [2.75, 3.05) is 13.7 Å². The molecular formula is C5H9ClN2O. The Bertz CT molecular complexity index is 133. The molecule has 0 heterocycles. The van der Waals surface area contributed by atoms with E-state index in [9.17, 15) is 0 Å². The minimum absolute atomic E-state index is 0.233. The molecule has 0 saturated heterocycles. The van der Waals surface area contributed by atoms with Crippen LogP contribution in [0.5, 0.6) is 0 Å². The molecule has 3 N–H and O–H groups in total. The highest BCUT2D eigenvalue weighted by Crippen LogP contribution is 2.00. The van der Waals surface area contributed by atoms with Crippen LogP contribution in [0.1, 0.15) is 0 Å². The molecule has 9 heavy (non-hydrogen) atoms. The van der Waals surface area contributed by atoms with Gasteiger partial charge in [-0.1, -0.05) is 11.6 Å². The van der Waals surface area contributed by atoms with Crippen molar-refractivity contribution in [3.05, 3.63) is 10.7 Å². The topological polar surface area (TPSA) is 59.1 Å². The van der Waals surface area contributed by atoms with E-state index < -0.39 is 0 Å². The molecule has 0 amide bonds. The molecule has 3 nitrogen and oxygen atoms in total. The first-order valence-corrected chi connectivity index (χ1v) is 2.73. The minimum atomic E-state index is 0.233. The third kappa shape index (κ3) is 3.11. The summed E-state index contributed by atoms with van der Waals surface area (Å²) in [5.41, 5.74) is 5.69. The molecule has 0 unspecified atom stereocenters. The van der Waals surface area contributed by atoms with Gasteiger partial charge in [0.25, 0.3) is 0 Å². The molecule has 0 rings (SSSR count). The smallest absolute Gasteiger partial charge is 0.0872 e. The Morgan fingerprint density at radius 2 is 2.44 bits per heavy atom. The van der Waals surface area contributed by atoms with Crippen molar-refractivity contribution in [3.63, 3.8) is 0 Å². The lowest BCUT2D eigenvalue weighted by Crippen LogP contribution is -2.06. The van der Waals surface area contributed by atoms with Crippen LogP contribution in [0.25, 0.3) is 0 Å². The maximum Gasteiger partial charge on any atom is 0.0872 e. The van der Waals surface area contributed by atoms with Gasteiger partial charge in [0, 0.05) is 13.3 Å². The highest BCUT2D eigenvalue weighted by molar-refractivity contribution is 6.39. The van der Waals surface area contributed by atoms with Gasteiger partial charge in [0.2, 0.25) is 0 Å². The van der Waals surface area contributed by atoms with E-state index in [0.29, 0.717) is 5.70 Å². The van der Waals surface area contributed by atoms with Gasteiger partial charge in [-0.2, -0.15) is 0 Å². The fraction of sp³-hybridized carbons (Fsp3) is 0.400.